The Kier molecular flexibility index (Phi) is 4.91. The summed E-state index contributed by atoms with van der Waals surface area (Å²) >= 11 is 1.94. The maximum Gasteiger partial charge on any atom is 0.231 e. The predicted octanol–water partition coefficient (Wildman–Crippen LogP) is 2.07. The van der Waals surface area contributed by atoms with Crippen molar-refractivity contribution < 1.29 is 0 Å². The number of aromatic nitrogens is 3. The molecule has 0 radical (unpaired) electrons. The molecule has 112 valence electrons. The van der Waals surface area contributed by atoms with Gasteiger partial charge in [-0.2, -0.15) is 26.7 Å². The van der Waals surface area contributed by atoms with Crippen LogP contribution in [-0.4, -0.2) is 53.1 Å². The van der Waals surface area contributed by atoms with Crippen molar-refractivity contribution in [2.45, 2.75) is 30.9 Å². The monoisotopic (exact) mass is 296 g/mol. The topological polar surface area (TPSA) is 66.0 Å². The fourth-order valence-electron chi connectivity index (χ4n) is 2.15. The van der Waals surface area contributed by atoms with Crippen molar-refractivity contribution in [1.82, 2.24) is 15.0 Å². The maximum atomic E-state index is 4.45. The highest BCUT2D eigenvalue weighted by Crippen LogP contribution is 2.42. The van der Waals surface area contributed by atoms with Crippen molar-refractivity contribution in [3.05, 3.63) is 0 Å². The van der Waals surface area contributed by atoms with E-state index in [1.165, 1.54) is 19.3 Å². The van der Waals surface area contributed by atoms with E-state index < -0.39 is 0 Å². The minimum atomic E-state index is 0.364. The zero-order chi connectivity index (χ0) is 14.6. The van der Waals surface area contributed by atoms with Gasteiger partial charge in [-0.05, 0) is 26.0 Å². The fourth-order valence-corrected chi connectivity index (χ4v) is 3.06. The molecule has 0 aromatic carbocycles. The van der Waals surface area contributed by atoms with Gasteiger partial charge in [0.25, 0.3) is 0 Å². The van der Waals surface area contributed by atoms with E-state index in [-0.39, 0.29) is 0 Å². The van der Waals surface area contributed by atoms with Crippen LogP contribution in [0.1, 0.15) is 26.2 Å². The quantitative estimate of drug-likeness (QED) is 0.798. The van der Waals surface area contributed by atoms with Crippen LogP contribution in [0, 0.1) is 0 Å². The van der Waals surface area contributed by atoms with Gasteiger partial charge >= 0.3 is 0 Å². The molecule has 1 aromatic rings. The Labute approximate surface area is 125 Å². The predicted molar refractivity (Wildman–Crippen MR) is 86.9 cm³/mol. The molecule has 1 aliphatic carbocycles. The molecule has 0 atom stereocenters. The molecule has 20 heavy (non-hydrogen) atoms. The average molecular weight is 296 g/mol. The highest BCUT2D eigenvalue weighted by atomic mass is 32.2. The first-order chi connectivity index (χ1) is 9.58. The molecular formula is C13H24N6S. The molecule has 1 saturated carbocycles. The van der Waals surface area contributed by atoms with Crippen LogP contribution < -0.4 is 15.5 Å². The van der Waals surface area contributed by atoms with E-state index >= 15 is 0 Å². The highest BCUT2D eigenvalue weighted by molar-refractivity contribution is 8.00. The summed E-state index contributed by atoms with van der Waals surface area (Å²) in [5.41, 5.74) is 0. The standard InChI is InChI=1S/C13H24N6S/c1-5-14-10-16-11(18-12(17-10)19(2)3)15-9-13(20-4)7-6-8-13/h5-9H2,1-4H3,(H2,14,15,16,17,18). The van der Waals surface area contributed by atoms with Gasteiger partial charge in [-0.25, -0.2) is 0 Å². The number of anilines is 3. The second kappa shape index (κ2) is 6.47. The Bertz CT molecular complexity index is 441. The van der Waals surface area contributed by atoms with Crippen molar-refractivity contribution in [3.8, 4) is 0 Å². The minimum absolute atomic E-state index is 0.364. The van der Waals surface area contributed by atoms with Crippen LogP contribution in [0.3, 0.4) is 0 Å². The third kappa shape index (κ3) is 3.45. The molecule has 0 spiro atoms. The number of thioether (sulfide) groups is 1. The Morgan fingerprint density at radius 2 is 1.80 bits per heavy atom. The first-order valence-electron chi connectivity index (χ1n) is 7.05. The maximum absolute atomic E-state index is 4.45. The van der Waals surface area contributed by atoms with Crippen molar-refractivity contribution in [1.29, 1.82) is 0 Å². The average Bonchev–Trinajstić information content (AvgIpc) is 2.38. The van der Waals surface area contributed by atoms with Crippen LogP contribution >= 0.6 is 11.8 Å². The summed E-state index contributed by atoms with van der Waals surface area (Å²) in [5.74, 6) is 1.95. The first kappa shape index (κ1) is 15.2. The molecule has 1 heterocycles. The SMILES string of the molecule is CCNc1nc(NCC2(SC)CCC2)nc(N(C)C)n1. The molecule has 0 unspecified atom stereocenters. The lowest BCUT2D eigenvalue weighted by Gasteiger charge is -2.40. The summed E-state index contributed by atoms with van der Waals surface area (Å²) in [5, 5.41) is 6.53. The lowest BCUT2D eigenvalue weighted by molar-refractivity contribution is 0.379. The number of hydrogen-bond acceptors (Lipinski definition) is 7. The van der Waals surface area contributed by atoms with E-state index in [4.69, 9.17) is 0 Å². The van der Waals surface area contributed by atoms with Crippen molar-refractivity contribution >= 4 is 29.6 Å². The van der Waals surface area contributed by atoms with Crippen LogP contribution in [-0.2, 0) is 0 Å². The van der Waals surface area contributed by atoms with Crippen LogP contribution in [0.25, 0.3) is 0 Å². The van der Waals surface area contributed by atoms with E-state index in [0.29, 0.717) is 22.6 Å². The smallest absolute Gasteiger partial charge is 0.231 e. The molecule has 1 fully saturated rings. The van der Waals surface area contributed by atoms with Crippen LogP contribution in [0.4, 0.5) is 17.8 Å². The van der Waals surface area contributed by atoms with Gasteiger partial charge in [0.15, 0.2) is 0 Å². The molecule has 1 aromatic heterocycles. The van der Waals surface area contributed by atoms with Crippen molar-refractivity contribution in [3.63, 3.8) is 0 Å². The minimum Gasteiger partial charge on any atom is -0.354 e. The van der Waals surface area contributed by atoms with E-state index in [2.05, 4.69) is 31.8 Å². The molecule has 2 N–H and O–H groups in total. The van der Waals surface area contributed by atoms with Gasteiger partial charge in [-0.3, -0.25) is 0 Å². The Morgan fingerprint density at radius 1 is 1.15 bits per heavy atom. The summed E-state index contributed by atoms with van der Waals surface area (Å²) in [4.78, 5) is 15.1. The fraction of sp³-hybridized carbons (Fsp3) is 0.769. The number of rotatable bonds is 7. The molecule has 0 saturated heterocycles. The summed E-state index contributed by atoms with van der Waals surface area (Å²) in [7, 11) is 3.87. The molecule has 0 bridgehead atoms. The Morgan fingerprint density at radius 3 is 2.25 bits per heavy atom. The molecular weight excluding hydrogens is 272 g/mol. The largest absolute Gasteiger partial charge is 0.354 e. The van der Waals surface area contributed by atoms with Gasteiger partial charge in [0.2, 0.25) is 17.8 Å². The Hall–Kier alpha value is -1.24. The molecule has 7 heteroatoms. The number of hydrogen-bond donors (Lipinski definition) is 2. The molecule has 2 rings (SSSR count). The molecule has 6 nitrogen and oxygen atoms in total. The van der Waals surface area contributed by atoms with Crippen molar-refractivity contribution in [2.75, 3.05) is 49.0 Å². The van der Waals surface area contributed by atoms with Crippen LogP contribution in [0.15, 0.2) is 0 Å². The Balaban J connectivity index is 2.09. The lowest BCUT2D eigenvalue weighted by atomic mass is 9.84. The summed E-state index contributed by atoms with van der Waals surface area (Å²) in [6.45, 7) is 3.74. The van der Waals surface area contributed by atoms with Gasteiger partial charge in [0, 0.05) is 31.9 Å². The van der Waals surface area contributed by atoms with Crippen LogP contribution in [0.5, 0.6) is 0 Å². The van der Waals surface area contributed by atoms with E-state index in [1.807, 2.05) is 37.7 Å². The third-order valence-corrected chi connectivity index (χ3v) is 5.04. The van der Waals surface area contributed by atoms with Gasteiger partial charge in [-0.15, -0.1) is 0 Å². The highest BCUT2D eigenvalue weighted by Gasteiger charge is 2.36. The van der Waals surface area contributed by atoms with E-state index in [9.17, 15) is 0 Å². The second-order valence-electron chi connectivity index (χ2n) is 5.30. The van der Waals surface area contributed by atoms with Gasteiger partial charge in [0.05, 0.1) is 0 Å². The number of nitrogens with one attached hydrogen (secondary N) is 2. The summed E-state index contributed by atoms with van der Waals surface area (Å²) < 4.78 is 0.364. The van der Waals surface area contributed by atoms with E-state index in [1.54, 1.807) is 0 Å². The zero-order valence-electron chi connectivity index (χ0n) is 12.7. The van der Waals surface area contributed by atoms with Gasteiger partial charge < -0.3 is 15.5 Å². The van der Waals surface area contributed by atoms with Gasteiger partial charge in [-0.1, -0.05) is 6.42 Å². The third-order valence-electron chi connectivity index (χ3n) is 3.62. The first-order valence-corrected chi connectivity index (χ1v) is 8.27. The van der Waals surface area contributed by atoms with Gasteiger partial charge in [0.1, 0.15) is 0 Å². The summed E-state index contributed by atoms with van der Waals surface area (Å²) in [6.07, 6.45) is 6.05. The second-order valence-corrected chi connectivity index (χ2v) is 6.58. The summed E-state index contributed by atoms with van der Waals surface area (Å²) in [6, 6.07) is 0. The molecule has 1 aliphatic rings. The lowest BCUT2D eigenvalue weighted by Crippen LogP contribution is -2.40. The normalized spacial score (nSPS) is 16.4. The van der Waals surface area contributed by atoms with E-state index in [0.717, 1.165) is 13.1 Å². The molecule has 0 amide bonds. The number of nitrogens with zero attached hydrogens (tertiary/aromatic N) is 4. The molecule has 0 aliphatic heterocycles. The van der Waals surface area contributed by atoms with Crippen molar-refractivity contribution in [2.24, 2.45) is 0 Å². The van der Waals surface area contributed by atoms with Crippen LogP contribution in [0.2, 0.25) is 0 Å². The zero-order valence-corrected chi connectivity index (χ0v) is 13.5.